The third kappa shape index (κ3) is 3.60. The van der Waals surface area contributed by atoms with Crippen LogP contribution in [-0.4, -0.2) is 41.6 Å². The number of carbonyl (C=O) groups is 1. The monoisotopic (exact) mass is 279 g/mol. The van der Waals surface area contributed by atoms with E-state index in [0.717, 1.165) is 13.0 Å². The van der Waals surface area contributed by atoms with Gasteiger partial charge in [0.2, 0.25) is 0 Å². The van der Waals surface area contributed by atoms with Gasteiger partial charge in [-0.1, -0.05) is 11.6 Å². The zero-order chi connectivity index (χ0) is 14.5. The van der Waals surface area contributed by atoms with E-state index >= 15 is 0 Å². The highest BCUT2D eigenvalue weighted by Crippen LogP contribution is 2.16. The standard InChI is InChI=1S/C15H25N3O2/c1-11-7-4-5-9-18(11)10-6-8-16-15(19)14-12(2)17-20-13(14)3/h11H,4-10H2,1-3H3,(H,16,19). The van der Waals surface area contributed by atoms with Gasteiger partial charge in [0.25, 0.3) is 5.91 Å². The van der Waals surface area contributed by atoms with Gasteiger partial charge >= 0.3 is 0 Å². The molecule has 2 rings (SSSR count). The Labute approximate surface area is 120 Å². The average Bonchev–Trinajstić information content (AvgIpc) is 2.76. The van der Waals surface area contributed by atoms with Crippen LogP contribution in [0, 0.1) is 13.8 Å². The highest BCUT2D eigenvalue weighted by Gasteiger charge is 2.19. The molecule has 112 valence electrons. The van der Waals surface area contributed by atoms with Crippen LogP contribution >= 0.6 is 0 Å². The molecule has 0 bridgehead atoms. The van der Waals surface area contributed by atoms with Gasteiger partial charge in [-0.3, -0.25) is 4.79 Å². The van der Waals surface area contributed by atoms with Crippen molar-refractivity contribution < 1.29 is 9.32 Å². The van der Waals surface area contributed by atoms with Crippen LogP contribution < -0.4 is 5.32 Å². The van der Waals surface area contributed by atoms with Gasteiger partial charge in [-0.15, -0.1) is 0 Å². The number of carbonyl (C=O) groups excluding carboxylic acids is 1. The van der Waals surface area contributed by atoms with E-state index in [0.29, 0.717) is 29.6 Å². The first-order valence-electron chi connectivity index (χ1n) is 7.54. The largest absolute Gasteiger partial charge is 0.361 e. The summed E-state index contributed by atoms with van der Waals surface area (Å²) in [6.07, 6.45) is 4.93. The van der Waals surface area contributed by atoms with Gasteiger partial charge in [0.15, 0.2) is 0 Å². The number of hydrogen-bond donors (Lipinski definition) is 1. The van der Waals surface area contributed by atoms with E-state index in [-0.39, 0.29) is 5.91 Å². The van der Waals surface area contributed by atoms with E-state index in [1.165, 1.54) is 25.8 Å². The van der Waals surface area contributed by atoms with Gasteiger partial charge in [0, 0.05) is 19.1 Å². The molecule has 5 heteroatoms. The van der Waals surface area contributed by atoms with Crippen molar-refractivity contribution in [2.45, 2.75) is 52.5 Å². The van der Waals surface area contributed by atoms with Crippen molar-refractivity contribution in [2.75, 3.05) is 19.6 Å². The van der Waals surface area contributed by atoms with Gasteiger partial charge in [0.1, 0.15) is 11.3 Å². The first-order valence-corrected chi connectivity index (χ1v) is 7.54. The van der Waals surface area contributed by atoms with Crippen LogP contribution in [0.25, 0.3) is 0 Å². The summed E-state index contributed by atoms with van der Waals surface area (Å²) in [6, 6.07) is 0.682. The number of aromatic nitrogens is 1. The minimum atomic E-state index is -0.0760. The molecule has 2 heterocycles. The number of rotatable bonds is 5. The molecular weight excluding hydrogens is 254 g/mol. The quantitative estimate of drug-likeness (QED) is 0.840. The predicted octanol–water partition coefficient (Wildman–Crippen LogP) is 2.29. The van der Waals surface area contributed by atoms with Crippen LogP contribution in [0.15, 0.2) is 4.52 Å². The minimum Gasteiger partial charge on any atom is -0.361 e. The van der Waals surface area contributed by atoms with Gasteiger partial charge in [-0.05, 0) is 46.6 Å². The summed E-state index contributed by atoms with van der Waals surface area (Å²) in [5.74, 6) is 0.512. The maximum Gasteiger partial charge on any atom is 0.256 e. The molecule has 1 fully saturated rings. The average molecular weight is 279 g/mol. The highest BCUT2D eigenvalue weighted by atomic mass is 16.5. The number of piperidine rings is 1. The first-order chi connectivity index (χ1) is 9.59. The SMILES string of the molecule is Cc1noc(C)c1C(=O)NCCCN1CCCCC1C. The third-order valence-corrected chi connectivity index (χ3v) is 4.11. The van der Waals surface area contributed by atoms with Crippen molar-refractivity contribution >= 4 is 5.91 Å². The summed E-state index contributed by atoms with van der Waals surface area (Å²) in [7, 11) is 0. The van der Waals surface area contributed by atoms with Crippen LogP contribution in [0.2, 0.25) is 0 Å². The van der Waals surface area contributed by atoms with Crippen molar-refractivity contribution in [1.29, 1.82) is 0 Å². The van der Waals surface area contributed by atoms with E-state index in [9.17, 15) is 4.79 Å². The Morgan fingerprint density at radius 2 is 2.25 bits per heavy atom. The Kier molecular flexibility index (Phi) is 5.17. The molecule has 1 atom stereocenters. The van der Waals surface area contributed by atoms with Crippen molar-refractivity contribution in [3.05, 3.63) is 17.0 Å². The number of aryl methyl sites for hydroxylation is 2. The number of hydrogen-bond acceptors (Lipinski definition) is 4. The van der Waals surface area contributed by atoms with Gasteiger partial charge in [-0.2, -0.15) is 0 Å². The Morgan fingerprint density at radius 1 is 1.45 bits per heavy atom. The Balaban J connectivity index is 1.72. The van der Waals surface area contributed by atoms with Crippen LogP contribution in [0.5, 0.6) is 0 Å². The number of likely N-dealkylation sites (tertiary alicyclic amines) is 1. The molecule has 0 aliphatic carbocycles. The first kappa shape index (κ1) is 15.0. The van der Waals surface area contributed by atoms with E-state index in [1.807, 2.05) is 0 Å². The Bertz CT molecular complexity index is 436. The fourth-order valence-electron chi connectivity index (χ4n) is 2.87. The molecule has 1 unspecified atom stereocenters. The summed E-state index contributed by atoms with van der Waals surface area (Å²) >= 11 is 0. The molecule has 1 aliphatic rings. The zero-order valence-corrected chi connectivity index (χ0v) is 12.7. The normalized spacial score (nSPS) is 20.1. The summed E-state index contributed by atoms with van der Waals surface area (Å²) in [4.78, 5) is 14.6. The van der Waals surface area contributed by atoms with E-state index in [2.05, 4.69) is 22.3 Å². The molecule has 1 aliphatic heterocycles. The molecule has 1 aromatic rings. The zero-order valence-electron chi connectivity index (χ0n) is 12.7. The molecule has 5 nitrogen and oxygen atoms in total. The fourth-order valence-corrected chi connectivity index (χ4v) is 2.87. The third-order valence-electron chi connectivity index (χ3n) is 4.11. The summed E-state index contributed by atoms with van der Waals surface area (Å²) < 4.78 is 5.01. The van der Waals surface area contributed by atoms with Crippen LogP contribution in [0.1, 0.15) is 54.4 Å². The molecule has 0 radical (unpaired) electrons. The van der Waals surface area contributed by atoms with Crippen molar-refractivity contribution in [1.82, 2.24) is 15.4 Å². The lowest BCUT2D eigenvalue weighted by molar-refractivity contribution is 0.0947. The summed E-state index contributed by atoms with van der Waals surface area (Å²) in [5.41, 5.74) is 1.24. The molecule has 1 saturated heterocycles. The number of nitrogens with one attached hydrogen (secondary N) is 1. The molecule has 20 heavy (non-hydrogen) atoms. The lowest BCUT2D eigenvalue weighted by Gasteiger charge is -2.33. The fraction of sp³-hybridized carbons (Fsp3) is 0.733. The van der Waals surface area contributed by atoms with Crippen LogP contribution in [0.4, 0.5) is 0 Å². The van der Waals surface area contributed by atoms with Crippen molar-refractivity contribution in [2.24, 2.45) is 0 Å². The van der Waals surface area contributed by atoms with Gasteiger partial charge in [-0.25, -0.2) is 0 Å². The summed E-state index contributed by atoms with van der Waals surface area (Å²) in [6.45, 7) is 8.81. The maximum atomic E-state index is 12.0. The van der Waals surface area contributed by atoms with Crippen LogP contribution in [0.3, 0.4) is 0 Å². The second-order valence-electron chi connectivity index (χ2n) is 5.69. The second-order valence-corrected chi connectivity index (χ2v) is 5.69. The van der Waals surface area contributed by atoms with E-state index in [4.69, 9.17) is 4.52 Å². The van der Waals surface area contributed by atoms with E-state index < -0.39 is 0 Å². The smallest absolute Gasteiger partial charge is 0.256 e. The molecule has 1 aromatic heterocycles. The Hall–Kier alpha value is -1.36. The lowest BCUT2D eigenvalue weighted by Crippen LogP contribution is -2.39. The molecule has 1 amide bonds. The van der Waals surface area contributed by atoms with Crippen molar-refractivity contribution in [3.8, 4) is 0 Å². The van der Waals surface area contributed by atoms with Crippen LogP contribution in [-0.2, 0) is 0 Å². The maximum absolute atomic E-state index is 12.0. The Morgan fingerprint density at radius 3 is 2.90 bits per heavy atom. The molecule has 0 aromatic carbocycles. The topological polar surface area (TPSA) is 58.4 Å². The summed E-state index contributed by atoms with van der Waals surface area (Å²) in [5, 5.41) is 6.76. The second kappa shape index (κ2) is 6.88. The molecule has 1 N–H and O–H groups in total. The molecule has 0 saturated carbocycles. The van der Waals surface area contributed by atoms with Crippen molar-refractivity contribution in [3.63, 3.8) is 0 Å². The van der Waals surface area contributed by atoms with Gasteiger partial charge in [0.05, 0.1) is 5.69 Å². The van der Waals surface area contributed by atoms with E-state index in [1.54, 1.807) is 13.8 Å². The molecular formula is C15H25N3O2. The minimum absolute atomic E-state index is 0.0760. The molecule has 0 spiro atoms. The lowest BCUT2D eigenvalue weighted by atomic mass is 10.0. The van der Waals surface area contributed by atoms with Gasteiger partial charge < -0.3 is 14.7 Å². The highest BCUT2D eigenvalue weighted by molar-refractivity contribution is 5.96. The predicted molar refractivity (Wildman–Crippen MR) is 77.8 cm³/mol. The number of amides is 1. The number of nitrogens with zero attached hydrogens (tertiary/aromatic N) is 2.